The first-order valence-electron chi connectivity index (χ1n) is 5.57. The van der Waals surface area contributed by atoms with Crippen molar-refractivity contribution in [2.45, 2.75) is 44.7 Å². The van der Waals surface area contributed by atoms with E-state index in [1.165, 1.54) is 5.56 Å². The monoisotopic (exact) mass is 317 g/mol. The third kappa shape index (κ3) is 2.65. The van der Waals surface area contributed by atoms with Gasteiger partial charge in [-0.3, -0.25) is 4.90 Å². The van der Waals surface area contributed by atoms with Gasteiger partial charge in [-0.1, -0.05) is 0 Å². The average molecular weight is 318 g/mol. The number of hydrogen-bond donors (Lipinski definition) is 1. The molecule has 2 atom stereocenters. The number of halogens is 1. The second-order valence-corrected chi connectivity index (χ2v) is 7.71. The molecule has 3 nitrogen and oxygen atoms in total. The fourth-order valence-corrected chi connectivity index (χ4v) is 3.51. The Hall–Kier alpha value is -0.550. The number of hydrogen-bond acceptors (Lipinski definition) is 2. The van der Waals surface area contributed by atoms with Gasteiger partial charge in [0.15, 0.2) is 0 Å². The lowest BCUT2D eigenvalue weighted by atomic mass is 10.1. The smallest absolute Gasteiger partial charge is 0.408 e. The maximum Gasteiger partial charge on any atom is 0.408 e. The van der Waals surface area contributed by atoms with E-state index in [0.717, 1.165) is 10.2 Å². The summed E-state index contributed by atoms with van der Waals surface area (Å²) in [6.45, 7) is 5.83. The maximum atomic E-state index is 11.3. The quantitative estimate of drug-likeness (QED) is 0.890. The van der Waals surface area contributed by atoms with E-state index in [4.69, 9.17) is 0 Å². The molecular formula is C12H16BrNO2S. The molecule has 0 aliphatic heterocycles. The molecule has 0 saturated heterocycles. The first kappa shape index (κ1) is 12.9. The van der Waals surface area contributed by atoms with Crippen LogP contribution in [-0.2, 0) is 0 Å². The fraction of sp³-hybridized carbons (Fsp3) is 0.583. The number of nitrogens with zero attached hydrogens (tertiary/aromatic N) is 1. The summed E-state index contributed by atoms with van der Waals surface area (Å²) in [5.41, 5.74) is 0.917. The van der Waals surface area contributed by atoms with Gasteiger partial charge >= 0.3 is 6.09 Å². The third-order valence-corrected chi connectivity index (χ3v) is 4.56. The van der Waals surface area contributed by atoms with Crippen LogP contribution in [0.1, 0.15) is 38.7 Å². The molecule has 1 aliphatic rings. The summed E-state index contributed by atoms with van der Waals surface area (Å²) >= 11 is 5.10. The van der Waals surface area contributed by atoms with Crippen molar-refractivity contribution in [3.63, 3.8) is 0 Å². The van der Waals surface area contributed by atoms with Crippen molar-refractivity contribution in [1.29, 1.82) is 0 Å². The van der Waals surface area contributed by atoms with Gasteiger partial charge in [0.25, 0.3) is 0 Å². The molecule has 0 radical (unpaired) electrons. The van der Waals surface area contributed by atoms with Gasteiger partial charge in [-0.25, -0.2) is 4.79 Å². The highest BCUT2D eigenvalue weighted by Gasteiger charge is 2.48. The van der Waals surface area contributed by atoms with Gasteiger partial charge < -0.3 is 5.11 Å². The van der Waals surface area contributed by atoms with Gasteiger partial charge in [-0.05, 0) is 60.1 Å². The minimum Gasteiger partial charge on any atom is -0.465 e. The molecule has 1 amide bonds. The van der Waals surface area contributed by atoms with E-state index in [2.05, 4.69) is 27.4 Å². The van der Waals surface area contributed by atoms with Crippen molar-refractivity contribution in [3.8, 4) is 0 Å². The van der Waals surface area contributed by atoms with Crippen LogP contribution in [0.3, 0.4) is 0 Å². The lowest BCUT2D eigenvalue weighted by Gasteiger charge is -2.33. The second-order valence-electron chi connectivity index (χ2n) is 5.42. The first-order valence-corrected chi connectivity index (χ1v) is 7.24. The topological polar surface area (TPSA) is 40.5 Å². The van der Waals surface area contributed by atoms with E-state index >= 15 is 0 Å². The summed E-state index contributed by atoms with van der Waals surface area (Å²) in [6.07, 6.45) is 0.117. The summed E-state index contributed by atoms with van der Waals surface area (Å²) in [5, 5.41) is 11.4. The van der Waals surface area contributed by atoms with Gasteiger partial charge in [0.05, 0.1) is 3.79 Å². The van der Waals surface area contributed by atoms with Crippen LogP contribution in [0.4, 0.5) is 4.79 Å². The number of carboxylic acid groups (broad SMARTS) is 1. The molecule has 0 spiro atoms. The summed E-state index contributed by atoms with van der Waals surface area (Å²) in [7, 11) is 0. The minimum absolute atomic E-state index is 0.133. The molecule has 1 aromatic rings. The number of rotatable bonds is 2. The van der Waals surface area contributed by atoms with Crippen LogP contribution >= 0.6 is 27.3 Å². The molecule has 2 rings (SSSR count). The van der Waals surface area contributed by atoms with Crippen LogP contribution in [0, 0.1) is 0 Å². The molecule has 0 aromatic carbocycles. The van der Waals surface area contributed by atoms with E-state index in [0.29, 0.717) is 5.92 Å². The van der Waals surface area contributed by atoms with Crippen molar-refractivity contribution < 1.29 is 9.90 Å². The van der Waals surface area contributed by atoms with E-state index in [1.807, 2.05) is 20.8 Å². The van der Waals surface area contributed by atoms with Crippen LogP contribution < -0.4 is 0 Å². The Morgan fingerprint density at radius 1 is 1.59 bits per heavy atom. The number of amides is 1. The molecule has 1 heterocycles. The van der Waals surface area contributed by atoms with Crippen LogP contribution in [0.5, 0.6) is 0 Å². The average Bonchev–Trinajstić information content (AvgIpc) is 2.77. The summed E-state index contributed by atoms with van der Waals surface area (Å²) in [6, 6.07) is 2.23. The Labute approximate surface area is 114 Å². The van der Waals surface area contributed by atoms with Crippen molar-refractivity contribution in [2.24, 2.45) is 0 Å². The Kier molecular flexibility index (Phi) is 3.25. The van der Waals surface area contributed by atoms with Crippen LogP contribution in [0.2, 0.25) is 0 Å². The molecule has 94 valence electrons. The van der Waals surface area contributed by atoms with Crippen molar-refractivity contribution in [1.82, 2.24) is 4.90 Å². The maximum absolute atomic E-state index is 11.3. The normalized spacial score (nSPS) is 23.5. The van der Waals surface area contributed by atoms with Gasteiger partial charge in [-0.15, -0.1) is 11.3 Å². The van der Waals surface area contributed by atoms with E-state index in [-0.39, 0.29) is 11.6 Å². The highest BCUT2D eigenvalue weighted by atomic mass is 79.9. The third-order valence-electron chi connectivity index (χ3n) is 3.03. The highest BCUT2D eigenvalue weighted by molar-refractivity contribution is 9.11. The lowest BCUT2D eigenvalue weighted by Crippen LogP contribution is -2.46. The van der Waals surface area contributed by atoms with E-state index in [1.54, 1.807) is 16.2 Å². The molecule has 0 unspecified atom stereocenters. The second kappa shape index (κ2) is 4.28. The molecule has 1 fully saturated rings. The van der Waals surface area contributed by atoms with Gasteiger partial charge in [-0.2, -0.15) is 0 Å². The zero-order valence-corrected chi connectivity index (χ0v) is 12.5. The van der Waals surface area contributed by atoms with Crippen LogP contribution in [-0.4, -0.2) is 27.7 Å². The number of thiophene rings is 1. The predicted octanol–water partition coefficient (Wildman–Crippen LogP) is 4.15. The summed E-state index contributed by atoms with van der Waals surface area (Å²) in [5.74, 6) is 0.368. The SMILES string of the molecule is CC(C)(C)N(C(=O)O)[C@@H]1C[C@H]1c1csc(Br)c1. The van der Waals surface area contributed by atoms with Crippen LogP contribution in [0.25, 0.3) is 0 Å². The highest BCUT2D eigenvalue weighted by Crippen LogP contribution is 2.48. The summed E-state index contributed by atoms with van der Waals surface area (Å²) < 4.78 is 1.11. The number of carbonyl (C=O) groups is 1. The van der Waals surface area contributed by atoms with Gasteiger partial charge in [0.1, 0.15) is 0 Å². The molecule has 17 heavy (non-hydrogen) atoms. The van der Waals surface area contributed by atoms with Gasteiger partial charge in [0.2, 0.25) is 0 Å². The zero-order valence-electron chi connectivity index (χ0n) is 10.1. The Morgan fingerprint density at radius 3 is 2.65 bits per heavy atom. The molecule has 0 bridgehead atoms. The van der Waals surface area contributed by atoms with Crippen molar-refractivity contribution >= 4 is 33.4 Å². The summed E-state index contributed by atoms with van der Waals surface area (Å²) in [4.78, 5) is 12.9. The van der Waals surface area contributed by atoms with E-state index < -0.39 is 6.09 Å². The zero-order chi connectivity index (χ0) is 12.8. The van der Waals surface area contributed by atoms with Crippen LogP contribution in [0.15, 0.2) is 15.2 Å². The van der Waals surface area contributed by atoms with E-state index in [9.17, 15) is 9.90 Å². The molecule has 1 N–H and O–H groups in total. The standard InChI is InChI=1S/C12H16BrNO2S/c1-12(2,3)14(11(15)16)9-5-8(9)7-4-10(13)17-6-7/h4,6,8-9H,5H2,1-3H3,(H,15,16)/t8-,9+/m0/s1. The Balaban J connectivity index is 2.13. The molecule has 1 aliphatic carbocycles. The Bertz CT molecular complexity index is 438. The molecular weight excluding hydrogens is 302 g/mol. The lowest BCUT2D eigenvalue weighted by molar-refractivity contribution is 0.0940. The fourth-order valence-electron chi connectivity index (χ4n) is 2.27. The molecule has 5 heteroatoms. The first-order chi connectivity index (χ1) is 7.80. The largest absolute Gasteiger partial charge is 0.465 e. The predicted molar refractivity (Wildman–Crippen MR) is 72.8 cm³/mol. The van der Waals surface area contributed by atoms with Crippen molar-refractivity contribution in [3.05, 3.63) is 20.8 Å². The molecule has 1 aromatic heterocycles. The van der Waals surface area contributed by atoms with Crippen molar-refractivity contribution in [2.75, 3.05) is 0 Å². The minimum atomic E-state index is -0.820. The molecule has 1 saturated carbocycles. The van der Waals surface area contributed by atoms with Gasteiger partial charge in [0, 0.05) is 17.5 Å². The Morgan fingerprint density at radius 2 is 2.24 bits per heavy atom.